The van der Waals surface area contributed by atoms with E-state index in [1.54, 1.807) is 33.4 Å². The van der Waals surface area contributed by atoms with E-state index in [2.05, 4.69) is 15.1 Å². The van der Waals surface area contributed by atoms with Crippen LogP contribution in [0.25, 0.3) is 0 Å². The van der Waals surface area contributed by atoms with Gasteiger partial charge in [-0.05, 0) is 67.9 Å². The first-order chi connectivity index (χ1) is 22.6. The zero-order valence-electron chi connectivity index (χ0n) is 27.0. The van der Waals surface area contributed by atoms with Gasteiger partial charge in [0.25, 0.3) is 0 Å². The van der Waals surface area contributed by atoms with Crippen LogP contribution in [0.5, 0.6) is 0 Å². The number of halogens is 6. The number of rotatable bonds is 12. The van der Waals surface area contributed by atoms with Crippen molar-refractivity contribution >= 4 is 24.2 Å². The first kappa shape index (κ1) is 36.7. The zero-order valence-corrected chi connectivity index (χ0v) is 27.0. The van der Waals surface area contributed by atoms with E-state index < -0.39 is 41.6 Å². The third kappa shape index (κ3) is 9.28. The zero-order chi connectivity index (χ0) is 35.2. The number of unbranched alkanes of at least 4 members (excludes halogenated alkanes) is 1. The summed E-state index contributed by atoms with van der Waals surface area (Å²) in [6.45, 7) is 4.06. The van der Waals surface area contributed by atoms with Crippen LogP contribution < -0.4 is 4.90 Å². The molecule has 48 heavy (non-hydrogen) atoms. The molecule has 0 saturated carbocycles. The average molecular weight is 687 g/mol. The van der Waals surface area contributed by atoms with Gasteiger partial charge in [0.15, 0.2) is 0 Å². The third-order valence-corrected chi connectivity index (χ3v) is 8.73. The van der Waals surface area contributed by atoms with Crippen LogP contribution in [0.3, 0.4) is 0 Å². The molecule has 1 saturated heterocycles. The summed E-state index contributed by atoms with van der Waals surface area (Å²) in [5.41, 5.74) is -2.28. The fraction of sp³-hybridized carbons (Fsp3) is 0.594. The summed E-state index contributed by atoms with van der Waals surface area (Å²) in [4.78, 5) is 36.4. The lowest BCUT2D eigenvalue weighted by atomic mass is 9.87. The molecule has 16 heteroatoms. The number of ether oxygens (including phenoxy) is 1. The Balaban J connectivity index is 1.66. The number of amides is 1. The summed E-state index contributed by atoms with van der Waals surface area (Å²) in [7, 11) is 1.81. The van der Waals surface area contributed by atoms with Crippen molar-refractivity contribution in [3.63, 3.8) is 0 Å². The Kier molecular flexibility index (Phi) is 11.8. The van der Waals surface area contributed by atoms with Crippen LogP contribution in [0.4, 0.5) is 37.1 Å². The molecule has 2 aliphatic rings. The van der Waals surface area contributed by atoms with Gasteiger partial charge in [-0.3, -0.25) is 9.80 Å². The Bertz CT molecular complexity index is 1390. The van der Waals surface area contributed by atoms with Crippen molar-refractivity contribution in [2.24, 2.45) is 5.10 Å². The summed E-state index contributed by atoms with van der Waals surface area (Å²) < 4.78 is 88.0. The van der Waals surface area contributed by atoms with Crippen LogP contribution in [0, 0.1) is 0 Å². The van der Waals surface area contributed by atoms with Crippen LogP contribution in [-0.4, -0.2) is 81.6 Å². The quantitative estimate of drug-likeness (QED) is 0.189. The molecular weight excluding hydrogens is 646 g/mol. The van der Waals surface area contributed by atoms with Crippen molar-refractivity contribution in [1.82, 2.24) is 19.9 Å². The maximum absolute atomic E-state index is 13.8. The largest absolute Gasteiger partial charge is 0.481 e. The number of hydrogen-bond acceptors (Lipinski definition) is 8. The lowest BCUT2D eigenvalue weighted by Gasteiger charge is -2.47. The number of nitrogens with zero attached hydrogens (tertiary/aromatic N) is 6. The molecule has 1 fully saturated rings. The Morgan fingerprint density at radius 2 is 1.54 bits per heavy atom. The van der Waals surface area contributed by atoms with Gasteiger partial charge in [0.05, 0.1) is 17.7 Å². The minimum Gasteiger partial charge on any atom is -0.481 e. The Morgan fingerprint density at radius 3 is 2.02 bits per heavy atom. The Morgan fingerprint density at radius 1 is 0.958 bits per heavy atom. The number of piperidine rings is 1. The van der Waals surface area contributed by atoms with Gasteiger partial charge in [-0.2, -0.15) is 31.4 Å². The fourth-order valence-electron chi connectivity index (χ4n) is 6.25. The second-order valence-electron chi connectivity index (χ2n) is 12.2. The summed E-state index contributed by atoms with van der Waals surface area (Å²) in [6, 6.07) is 0.359. The van der Waals surface area contributed by atoms with Gasteiger partial charge in [-0.1, -0.05) is 13.8 Å². The highest BCUT2D eigenvalue weighted by Gasteiger charge is 2.41. The predicted octanol–water partition coefficient (Wildman–Crippen LogP) is 6.95. The number of carboxylic acid groups (broad SMARTS) is 1. The lowest BCUT2D eigenvalue weighted by molar-refractivity contribution is -0.143. The Labute approximate surface area is 274 Å². The van der Waals surface area contributed by atoms with Gasteiger partial charge in [0, 0.05) is 69.2 Å². The summed E-state index contributed by atoms with van der Waals surface area (Å²) in [5.74, 6) is -0.886. The molecule has 264 valence electrons. The van der Waals surface area contributed by atoms with E-state index in [9.17, 15) is 35.9 Å². The van der Waals surface area contributed by atoms with E-state index in [0.717, 1.165) is 5.56 Å². The molecule has 10 nitrogen and oxygen atoms in total. The fourth-order valence-corrected chi connectivity index (χ4v) is 6.25. The molecule has 1 aromatic heterocycles. The van der Waals surface area contributed by atoms with Crippen LogP contribution in [0.15, 0.2) is 35.7 Å². The number of anilines is 1. The van der Waals surface area contributed by atoms with E-state index in [4.69, 9.17) is 9.84 Å². The number of aromatic nitrogens is 2. The van der Waals surface area contributed by atoms with Crippen molar-refractivity contribution in [3.8, 4) is 0 Å². The molecule has 2 aliphatic heterocycles. The first-order valence-electron chi connectivity index (χ1n) is 15.9. The standard InChI is InChI=1S/C32H40F6N6O4/c1-4-25-13-27(14-26(5-2)44(25)30(47)48-9-7-6-8-28(45)46)43(29-39-15-21(16-40-29)22-17-41-42(3)19-22)18-20-10-23(31(33,34)35)12-24(11-20)32(36,37)38/h10-12,15-17,22,25-27H,4-9,13-14,18-19H2,1-3H3,(H,45,46)/t22?,25-,26+,27+. The van der Waals surface area contributed by atoms with Crippen molar-refractivity contribution in [2.45, 2.75) is 102 Å². The van der Waals surface area contributed by atoms with Crippen LogP contribution in [0.1, 0.15) is 87.0 Å². The summed E-state index contributed by atoms with van der Waals surface area (Å²) in [5, 5.41) is 14.8. The lowest BCUT2D eigenvalue weighted by Crippen LogP contribution is -2.57. The molecule has 1 aromatic carbocycles. The van der Waals surface area contributed by atoms with E-state index in [1.807, 2.05) is 20.9 Å². The number of carbonyl (C=O) groups excluding carboxylic acids is 1. The van der Waals surface area contributed by atoms with Crippen LogP contribution in [0.2, 0.25) is 0 Å². The number of hydrazone groups is 1. The van der Waals surface area contributed by atoms with Gasteiger partial charge in [0.1, 0.15) is 0 Å². The molecule has 2 aromatic rings. The molecular formula is C32H40F6N6O4. The number of likely N-dealkylation sites (N-methyl/N-ethyl adjacent to an activating group) is 1. The monoisotopic (exact) mass is 686 g/mol. The second kappa shape index (κ2) is 15.4. The number of alkyl halides is 6. The number of aliphatic carboxylic acids is 1. The Hall–Kier alpha value is -4.11. The molecule has 0 bridgehead atoms. The number of carbonyl (C=O) groups is 2. The molecule has 0 aliphatic carbocycles. The van der Waals surface area contributed by atoms with Gasteiger partial charge in [-0.25, -0.2) is 14.8 Å². The van der Waals surface area contributed by atoms with Crippen molar-refractivity contribution < 1.29 is 45.8 Å². The highest BCUT2D eigenvalue weighted by Crippen LogP contribution is 2.38. The highest BCUT2D eigenvalue weighted by molar-refractivity contribution is 5.70. The predicted molar refractivity (Wildman–Crippen MR) is 164 cm³/mol. The highest BCUT2D eigenvalue weighted by atomic mass is 19.4. The molecule has 1 N–H and O–H groups in total. The number of likely N-dealkylation sites (tertiary alicyclic amines) is 1. The third-order valence-electron chi connectivity index (χ3n) is 8.73. The molecule has 0 radical (unpaired) electrons. The minimum atomic E-state index is -5.01. The van der Waals surface area contributed by atoms with E-state index in [-0.39, 0.29) is 55.2 Å². The minimum absolute atomic E-state index is 0.0430. The second-order valence-corrected chi connectivity index (χ2v) is 12.2. The smallest absolute Gasteiger partial charge is 0.416 e. The van der Waals surface area contributed by atoms with E-state index in [1.165, 1.54) is 0 Å². The van der Waals surface area contributed by atoms with E-state index >= 15 is 0 Å². The average Bonchev–Trinajstić information content (AvgIpc) is 3.47. The van der Waals surface area contributed by atoms with E-state index in [0.29, 0.717) is 57.2 Å². The topological polar surface area (TPSA) is 111 Å². The van der Waals surface area contributed by atoms with Gasteiger partial charge >= 0.3 is 24.4 Å². The molecule has 4 rings (SSSR count). The normalized spacial score (nSPS) is 21.4. The number of carboxylic acids is 1. The number of benzene rings is 1. The van der Waals surface area contributed by atoms with Gasteiger partial charge in [-0.15, -0.1) is 0 Å². The molecule has 0 spiro atoms. The van der Waals surface area contributed by atoms with Crippen LogP contribution in [-0.2, 0) is 28.4 Å². The van der Waals surface area contributed by atoms with Crippen molar-refractivity contribution in [2.75, 3.05) is 25.1 Å². The maximum atomic E-state index is 13.8. The summed E-state index contributed by atoms with van der Waals surface area (Å²) in [6.07, 6.45) is -3.28. The number of hydrogen-bond donors (Lipinski definition) is 1. The molecule has 4 atom stereocenters. The molecule has 1 unspecified atom stereocenters. The maximum Gasteiger partial charge on any atom is 0.416 e. The summed E-state index contributed by atoms with van der Waals surface area (Å²) >= 11 is 0. The SMILES string of the molecule is CC[C@@H]1C[C@H](N(Cc2cc(C(F)(F)F)cc(C(F)(F)F)c2)c2ncc(C3C=NN(C)C3)cn2)C[C@H](CC)N1C(=O)OCCCCC(=O)O. The molecule has 1 amide bonds. The van der Waals surface area contributed by atoms with Crippen molar-refractivity contribution in [3.05, 3.63) is 52.8 Å². The molecule has 3 heterocycles. The van der Waals surface area contributed by atoms with Crippen molar-refractivity contribution in [1.29, 1.82) is 0 Å². The van der Waals surface area contributed by atoms with Gasteiger partial charge in [0.2, 0.25) is 5.95 Å². The van der Waals surface area contributed by atoms with Gasteiger partial charge < -0.3 is 19.6 Å². The first-order valence-corrected chi connectivity index (χ1v) is 15.9. The van der Waals surface area contributed by atoms with Crippen LogP contribution >= 0.6 is 0 Å².